The molecule has 2 aliphatic rings. The third kappa shape index (κ3) is 5.25. The van der Waals surface area contributed by atoms with Crippen molar-refractivity contribution in [3.8, 4) is 21.8 Å². The minimum absolute atomic E-state index is 0.0297. The highest BCUT2D eigenvalue weighted by molar-refractivity contribution is 7.21. The molecule has 1 aliphatic carbocycles. The van der Waals surface area contributed by atoms with Crippen molar-refractivity contribution in [2.75, 3.05) is 26.3 Å². The zero-order chi connectivity index (χ0) is 29.7. The SMILES string of the molecule is Cc1nc(C)c(-c2ccc3cc(-c4c(C5CCCCC5)c5sc(C(=O)O)cc5n4CC(=O)N4CCOCC4)ccc3n2)s1. The molecular weight excluding hydrogens is 581 g/mol. The van der Waals surface area contributed by atoms with Crippen molar-refractivity contribution in [3.05, 3.63) is 57.5 Å². The van der Waals surface area contributed by atoms with E-state index in [0.29, 0.717) is 37.1 Å². The van der Waals surface area contributed by atoms with E-state index in [9.17, 15) is 14.7 Å². The molecule has 5 heterocycles. The monoisotopic (exact) mass is 614 g/mol. The van der Waals surface area contributed by atoms with Gasteiger partial charge in [-0.25, -0.2) is 14.8 Å². The number of aromatic nitrogens is 3. The van der Waals surface area contributed by atoms with E-state index in [1.807, 2.05) is 18.7 Å². The molecule has 0 spiro atoms. The quantitative estimate of drug-likeness (QED) is 0.216. The van der Waals surface area contributed by atoms with Gasteiger partial charge in [-0.1, -0.05) is 31.4 Å². The number of hydrogen-bond acceptors (Lipinski definition) is 7. The zero-order valence-corrected chi connectivity index (χ0v) is 26.0. The van der Waals surface area contributed by atoms with Crippen LogP contribution in [0.1, 0.15) is 64.0 Å². The molecule has 0 bridgehead atoms. The number of aromatic carboxylic acids is 1. The van der Waals surface area contributed by atoms with Crippen molar-refractivity contribution < 1.29 is 19.4 Å². The normalized spacial score (nSPS) is 16.4. The number of rotatable bonds is 6. The number of carboxylic acid groups (broad SMARTS) is 1. The Balaban J connectivity index is 1.39. The molecule has 4 aromatic heterocycles. The number of ether oxygens (including phenoxy) is 1. The molecule has 1 N–H and O–H groups in total. The molecule has 0 atom stereocenters. The van der Waals surface area contributed by atoms with Crippen LogP contribution in [-0.2, 0) is 16.1 Å². The topological polar surface area (TPSA) is 97.5 Å². The average Bonchev–Trinajstić information content (AvgIpc) is 3.69. The van der Waals surface area contributed by atoms with Gasteiger partial charge in [0.15, 0.2) is 0 Å². The summed E-state index contributed by atoms with van der Waals surface area (Å²) in [5.41, 5.74) is 6.92. The molecule has 1 aromatic carbocycles. The number of fused-ring (bicyclic) bond motifs is 2. The summed E-state index contributed by atoms with van der Waals surface area (Å²) in [6.45, 7) is 6.41. The Bertz CT molecular complexity index is 1860. The molecule has 1 aliphatic heterocycles. The lowest BCUT2D eigenvalue weighted by atomic mass is 9.83. The minimum atomic E-state index is -0.928. The van der Waals surface area contributed by atoms with E-state index in [4.69, 9.17) is 9.72 Å². The lowest BCUT2D eigenvalue weighted by molar-refractivity contribution is -0.135. The third-order valence-electron chi connectivity index (χ3n) is 8.75. The van der Waals surface area contributed by atoms with Crippen molar-refractivity contribution in [3.63, 3.8) is 0 Å². The first-order valence-corrected chi connectivity index (χ1v) is 16.6. The van der Waals surface area contributed by atoms with Crippen LogP contribution in [0.3, 0.4) is 0 Å². The van der Waals surface area contributed by atoms with Crippen LogP contribution < -0.4 is 0 Å². The summed E-state index contributed by atoms with van der Waals surface area (Å²) in [5, 5.41) is 12.0. The first kappa shape index (κ1) is 28.2. The lowest BCUT2D eigenvalue weighted by Crippen LogP contribution is -2.42. The fourth-order valence-electron chi connectivity index (χ4n) is 6.72. The van der Waals surface area contributed by atoms with E-state index in [-0.39, 0.29) is 12.5 Å². The highest BCUT2D eigenvalue weighted by Gasteiger charge is 2.30. The molecule has 10 heteroatoms. The van der Waals surface area contributed by atoms with Gasteiger partial charge in [0.1, 0.15) is 11.4 Å². The van der Waals surface area contributed by atoms with Gasteiger partial charge in [0, 0.05) is 18.5 Å². The predicted octanol–water partition coefficient (Wildman–Crippen LogP) is 7.26. The van der Waals surface area contributed by atoms with Crippen molar-refractivity contribution in [1.29, 1.82) is 0 Å². The van der Waals surface area contributed by atoms with Gasteiger partial charge >= 0.3 is 5.97 Å². The molecule has 2 fully saturated rings. The number of amides is 1. The fourth-order valence-corrected chi connectivity index (χ4v) is 8.73. The summed E-state index contributed by atoms with van der Waals surface area (Å²) in [6.07, 6.45) is 5.66. The van der Waals surface area contributed by atoms with Crippen LogP contribution in [-0.4, -0.2) is 62.7 Å². The smallest absolute Gasteiger partial charge is 0.345 e. The first-order valence-electron chi connectivity index (χ1n) is 15.0. The van der Waals surface area contributed by atoms with E-state index < -0.39 is 5.97 Å². The fraction of sp³-hybridized carbons (Fsp3) is 0.394. The Morgan fingerprint density at radius 2 is 1.79 bits per heavy atom. The number of thiophene rings is 1. The van der Waals surface area contributed by atoms with Gasteiger partial charge in [-0.15, -0.1) is 22.7 Å². The van der Waals surface area contributed by atoms with Gasteiger partial charge in [-0.05, 0) is 68.0 Å². The van der Waals surface area contributed by atoms with E-state index in [1.54, 1.807) is 17.4 Å². The first-order chi connectivity index (χ1) is 20.9. The zero-order valence-electron chi connectivity index (χ0n) is 24.4. The maximum atomic E-state index is 13.7. The maximum absolute atomic E-state index is 13.7. The molecule has 43 heavy (non-hydrogen) atoms. The van der Waals surface area contributed by atoms with Crippen LogP contribution in [0.2, 0.25) is 0 Å². The second kappa shape index (κ2) is 11.5. The lowest BCUT2D eigenvalue weighted by Gasteiger charge is -2.28. The second-order valence-corrected chi connectivity index (χ2v) is 13.8. The molecule has 7 rings (SSSR count). The summed E-state index contributed by atoms with van der Waals surface area (Å²) in [6, 6.07) is 12.3. The van der Waals surface area contributed by atoms with Gasteiger partial charge in [0.25, 0.3) is 0 Å². The van der Waals surface area contributed by atoms with E-state index in [2.05, 4.69) is 39.9 Å². The number of pyridine rings is 1. The summed E-state index contributed by atoms with van der Waals surface area (Å²) in [7, 11) is 0. The number of hydrogen-bond donors (Lipinski definition) is 1. The summed E-state index contributed by atoms with van der Waals surface area (Å²) < 4.78 is 8.58. The Kier molecular flexibility index (Phi) is 7.53. The van der Waals surface area contributed by atoms with Crippen LogP contribution in [0, 0.1) is 13.8 Å². The van der Waals surface area contributed by atoms with Crippen molar-refractivity contribution in [2.24, 2.45) is 0 Å². The van der Waals surface area contributed by atoms with Crippen molar-refractivity contribution in [1.82, 2.24) is 19.4 Å². The maximum Gasteiger partial charge on any atom is 0.345 e. The largest absolute Gasteiger partial charge is 0.477 e. The Morgan fingerprint density at radius 1 is 1.00 bits per heavy atom. The molecule has 5 aromatic rings. The number of aryl methyl sites for hydroxylation is 2. The van der Waals surface area contributed by atoms with Crippen molar-refractivity contribution >= 4 is 55.7 Å². The van der Waals surface area contributed by atoms with E-state index >= 15 is 0 Å². The van der Waals surface area contributed by atoms with Gasteiger partial charge in [-0.2, -0.15) is 0 Å². The number of nitrogens with zero attached hydrogens (tertiary/aromatic N) is 4. The van der Waals surface area contributed by atoms with Crippen molar-refractivity contribution in [2.45, 2.75) is 58.4 Å². The van der Waals surface area contributed by atoms with E-state index in [1.165, 1.54) is 23.3 Å². The van der Waals surface area contributed by atoms with Crippen LogP contribution in [0.25, 0.3) is 42.9 Å². The molecule has 1 saturated carbocycles. The molecule has 1 saturated heterocycles. The molecular formula is C33H34N4O4S2. The van der Waals surface area contributed by atoms with Crippen LogP contribution >= 0.6 is 22.7 Å². The number of carbonyl (C=O) groups excluding carboxylic acids is 1. The Morgan fingerprint density at radius 3 is 2.51 bits per heavy atom. The summed E-state index contributed by atoms with van der Waals surface area (Å²) in [5.74, 6) is -0.579. The van der Waals surface area contributed by atoms with Gasteiger partial charge in [0.2, 0.25) is 5.91 Å². The number of benzene rings is 1. The molecule has 0 unspecified atom stereocenters. The van der Waals surface area contributed by atoms with Gasteiger partial charge < -0.3 is 19.3 Å². The minimum Gasteiger partial charge on any atom is -0.477 e. The van der Waals surface area contributed by atoms with Gasteiger partial charge in [-0.3, -0.25) is 4.79 Å². The summed E-state index contributed by atoms with van der Waals surface area (Å²) >= 11 is 3.00. The number of carboxylic acids is 1. The van der Waals surface area contributed by atoms with Crippen LogP contribution in [0.5, 0.6) is 0 Å². The second-order valence-electron chi connectivity index (χ2n) is 11.6. The molecule has 8 nitrogen and oxygen atoms in total. The standard InChI is InChI=1S/C33H34N4O4S2/c1-19-31(42-20(2)34-19)25-11-8-22-16-23(9-10-24(22)35-25)30-29(21-6-4-3-5-7-21)32-26(17-27(43-32)33(39)40)37(30)18-28(38)36-12-14-41-15-13-36/h8-11,16-17,21H,3-7,12-15,18H2,1-2H3,(H,39,40). The third-order valence-corrected chi connectivity index (χ3v) is 11.0. The highest BCUT2D eigenvalue weighted by Crippen LogP contribution is 2.47. The number of thiazole rings is 1. The highest BCUT2D eigenvalue weighted by atomic mass is 32.1. The summed E-state index contributed by atoms with van der Waals surface area (Å²) in [4.78, 5) is 38.6. The number of morpholine rings is 1. The van der Waals surface area contributed by atoms with E-state index in [0.717, 1.165) is 79.3 Å². The number of carbonyl (C=O) groups is 2. The average molecular weight is 615 g/mol. The molecule has 222 valence electrons. The van der Waals surface area contributed by atoms with Crippen LogP contribution in [0.4, 0.5) is 0 Å². The molecule has 1 amide bonds. The predicted molar refractivity (Wildman–Crippen MR) is 171 cm³/mol. The Labute approximate surface area is 258 Å². The Hall–Kier alpha value is -3.60. The van der Waals surface area contributed by atoms with Crippen LogP contribution in [0.15, 0.2) is 36.4 Å². The molecule has 0 radical (unpaired) electrons. The van der Waals surface area contributed by atoms with Gasteiger partial charge in [0.05, 0.1) is 55.9 Å².